The Morgan fingerprint density at radius 3 is 1.75 bits per heavy atom. The van der Waals surface area contributed by atoms with E-state index in [1.807, 2.05) is 0 Å². The Kier molecular flexibility index (Phi) is 23.2. The Hall–Kier alpha value is 0.259. The first-order valence-corrected chi connectivity index (χ1v) is 0.911. The van der Waals surface area contributed by atoms with Crippen LogP contribution in [0.3, 0.4) is 0 Å². The van der Waals surface area contributed by atoms with Crippen LogP contribution in [0.4, 0.5) is 0 Å². The fraction of sp³-hybridized carbons (Fsp3) is 0.333. The van der Waals surface area contributed by atoms with Gasteiger partial charge in [-0.2, -0.15) is 0 Å². The van der Waals surface area contributed by atoms with Crippen LogP contribution in [0.25, 0.3) is 0 Å². The minimum absolute atomic E-state index is 0. The summed E-state index contributed by atoms with van der Waals surface area (Å²) in [6.45, 7) is 6.50. The summed E-state index contributed by atoms with van der Waals surface area (Å²) in [6.07, 6.45) is 1.50. The molecule has 0 bridgehead atoms. The van der Waals surface area contributed by atoms with Gasteiger partial charge in [0.2, 0.25) is 0 Å². The molecule has 0 saturated heterocycles. The van der Waals surface area contributed by atoms with E-state index in [-0.39, 0.29) is 17.1 Å². The van der Waals surface area contributed by atoms with Gasteiger partial charge in [-0.1, -0.05) is 6.92 Å². The normalized spacial score (nSPS) is 3.25. The molecule has 0 aromatic carbocycles. The van der Waals surface area contributed by atoms with E-state index in [9.17, 15) is 0 Å². The first-order valence-electron chi connectivity index (χ1n) is 0.911. The van der Waals surface area contributed by atoms with Crippen LogP contribution < -0.4 is 0 Å². The van der Waals surface area contributed by atoms with Crippen LogP contribution in [0.5, 0.6) is 0 Å². The maximum atomic E-state index is 4.72. The summed E-state index contributed by atoms with van der Waals surface area (Å²) in [6, 6.07) is 0. The van der Waals surface area contributed by atoms with Crippen molar-refractivity contribution in [3.63, 3.8) is 0 Å². The van der Waals surface area contributed by atoms with Crippen molar-refractivity contribution >= 4 is 0 Å². The van der Waals surface area contributed by atoms with Crippen molar-refractivity contribution in [3.05, 3.63) is 12.7 Å². The second-order valence-corrected chi connectivity index (χ2v) is 0.333. The zero-order valence-electron chi connectivity index (χ0n) is 2.46. The zero-order valence-corrected chi connectivity index (χ0v) is 3.40. The molecule has 4 heavy (non-hydrogen) atoms. The van der Waals surface area contributed by atoms with Crippen LogP contribution in [-0.2, 0) is 17.1 Å². The molecule has 0 N–H and O–H groups in total. The van der Waals surface area contributed by atoms with Crippen LogP contribution in [-0.4, -0.2) is 0 Å². The van der Waals surface area contributed by atoms with Gasteiger partial charge in [-0.05, 0) is 0 Å². The first kappa shape index (κ1) is 8.86. The van der Waals surface area contributed by atoms with Crippen molar-refractivity contribution in [2.75, 3.05) is 0 Å². The molecule has 0 rings (SSSR count). The van der Waals surface area contributed by atoms with Crippen LogP contribution in [0.2, 0.25) is 0 Å². The minimum atomic E-state index is 0. The van der Waals surface area contributed by atoms with Gasteiger partial charge in [0.25, 0.3) is 0 Å². The first-order chi connectivity index (χ1) is 1.41. The molecule has 0 aliphatic rings. The molecule has 0 spiro atoms. The Bertz CT molecular complexity index is 10.8. The summed E-state index contributed by atoms with van der Waals surface area (Å²) >= 11 is 0. The van der Waals surface area contributed by atoms with Crippen molar-refractivity contribution in [1.82, 2.24) is 0 Å². The van der Waals surface area contributed by atoms with Crippen molar-refractivity contribution in [2.45, 2.75) is 6.92 Å². The van der Waals surface area contributed by atoms with Crippen molar-refractivity contribution < 1.29 is 17.1 Å². The van der Waals surface area contributed by atoms with Crippen molar-refractivity contribution in [2.24, 2.45) is 0 Å². The van der Waals surface area contributed by atoms with E-state index in [1.54, 1.807) is 6.92 Å². The Balaban J connectivity index is 0. The molecule has 28 valence electrons. The van der Waals surface area contributed by atoms with Crippen LogP contribution >= 0.6 is 0 Å². The van der Waals surface area contributed by atoms with Gasteiger partial charge in [0.1, 0.15) is 0 Å². The average Bonchev–Trinajstić information content (AvgIpc) is 0.918. The quantitative estimate of drug-likeness (QED) is 0.318. The zero-order chi connectivity index (χ0) is 2.71. The van der Waals surface area contributed by atoms with Crippen LogP contribution in [0.1, 0.15) is 6.92 Å². The van der Waals surface area contributed by atoms with Gasteiger partial charge in [0.05, 0.1) is 0 Å². The van der Waals surface area contributed by atoms with Gasteiger partial charge in [-0.3, -0.25) is 6.08 Å². The predicted octanol–water partition coefficient (Wildman–Crippen LogP) is 0.993. The molecule has 0 atom stereocenters. The topological polar surface area (TPSA) is 0 Å². The average molecular weight is 105 g/mol. The largest absolute Gasteiger partial charge is 1.00 e. The van der Waals surface area contributed by atoms with E-state index in [0.717, 1.165) is 0 Å². The van der Waals surface area contributed by atoms with E-state index >= 15 is 0 Å². The molecule has 0 heterocycles. The molecule has 0 aliphatic carbocycles. The van der Waals surface area contributed by atoms with Gasteiger partial charge in [-0.25, -0.2) is 0 Å². The summed E-state index contributed by atoms with van der Waals surface area (Å²) in [5, 5.41) is 0. The molecular formula is C3H5Cu. The van der Waals surface area contributed by atoms with E-state index in [2.05, 4.69) is 0 Å². The molecule has 0 fully saturated rings. The molecule has 0 amide bonds. The number of rotatable bonds is 0. The van der Waals surface area contributed by atoms with E-state index in [0.29, 0.717) is 0 Å². The molecular weight excluding hydrogens is 99.6 g/mol. The van der Waals surface area contributed by atoms with Crippen LogP contribution in [0, 0.1) is 6.58 Å². The van der Waals surface area contributed by atoms with Crippen molar-refractivity contribution in [3.8, 4) is 0 Å². The van der Waals surface area contributed by atoms with Gasteiger partial charge < -0.3 is 6.58 Å². The third-order valence-corrected chi connectivity index (χ3v) is 0. The van der Waals surface area contributed by atoms with E-state index < -0.39 is 0 Å². The smallest absolute Gasteiger partial charge is 0.518 e. The maximum absolute atomic E-state index is 4.72. The Morgan fingerprint density at radius 1 is 1.75 bits per heavy atom. The van der Waals surface area contributed by atoms with Gasteiger partial charge in [0.15, 0.2) is 0 Å². The number of allylic oxidation sites excluding steroid dienone is 1. The summed E-state index contributed by atoms with van der Waals surface area (Å²) in [4.78, 5) is 0. The second kappa shape index (κ2) is 10.5. The third kappa shape index (κ3) is 53.2. The standard InChI is InChI=1S/C3H5.Cu/c1-3-2;/h1,3H,2H3;/q-1;+1. The third-order valence-electron chi connectivity index (χ3n) is 0. The summed E-state index contributed by atoms with van der Waals surface area (Å²) < 4.78 is 0. The molecule has 0 nitrogen and oxygen atoms in total. The van der Waals surface area contributed by atoms with E-state index in [4.69, 9.17) is 6.58 Å². The second-order valence-electron chi connectivity index (χ2n) is 0.333. The van der Waals surface area contributed by atoms with Gasteiger partial charge in [0, 0.05) is 0 Å². The molecule has 0 aromatic rings. The molecule has 0 aromatic heterocycles. The van der Waals surface area contributed by atoms with Gasteiger partial charge >= 0.3 is 17.1 Å². The maximum Gasteiger partial charge on any atom is 1.00 e. The molecule has 0 saturated carbocycles. The molecule has 1 heteroatoms. The fourth-order valence-corrected chi connectivity index (χ4v) is 0. The van der Waals surface area contributed by atoms with Gasteiger partial charge in [-0.15, -0.1) is 0 Å². The predicted molar refractivity (Wildman–Crippen MR) is 14.5 cm³/mol. The summed E-state index contributed by atoms with van der Waals surface area (Å²) in [5.41, 5.74) is 0. The van der Waals surface area contributed by atoms with Crippen LogP contribution in [0.15, 0.2) is 6.08 Å². The molecule has 0 radical (unpaired) electrons. The fourth-order valence-electron chi connectivity index (χ4n) is 0. The monoisotopic (exact) mass is 104 g/mol. The Morgan fingerprint density at radius 2 is 1.75 bits per heavy atom. The number of hydrogen-bond donors (Lipinski definition) is 0. The SMILES string of the molecule is [CH-]=CC.[Cu+]. The van der Waals surface area contributed by atoms with Crippen molar-refractivity contribution in [1.29, 1.82) is 0 Å². The minimum Gasteiger partial charge on any atom is -0.518 e. The molecule has 0 aliphatic heterocycles. The Labute approximate surface area is 37.4 Å². The summed E-state index contributed by atoms with van der Waals surface area (Å²) in [5.74, 6) is 0. The number of hydrogen-bond acceptors (Lipinski definition) is 0. The molecule has 0 unspecified atom stereocenters. The van der Waals surface area contributed by atoms with E-state index in [1.165, 1.54) is 6.08 Å². The summed E-state index contributed by atoms with van der Waals surface area (Å²) in [7, 11) is 0.